The van der Waals surface area contributed by atoms with Crippen molar-refractivity contribution in [1.82, 2.24) is 0 Å². The van der Waals surface area contributed by atoms with Crippen LogP contribution in [0.15, 0.2) is 35.4 Å². The summed E-state index contributed by atoms with van der Waals surface area (Å²) in [4.78, 5) is 10.0. The molecular weight excluding hydrogens is 208 g/mol. The van der Waals surface area contributed by atoms with Gasteiger partial charge in [0.05, 0.1) is 5.03 Å². The second-order valence-corrected chi connectivity index (χ2v) is 3.32. The summed E-state index contributed by atoms with van der Waals surface area (Å²) >= 11 is 5.89. The molecule has 0 atom stereocenters. The minimum atomic E-state index is 0.461. The Labute approximate surface area is 94.8 Å². The number of hydrogen-bond acceptors (Lipinski definition) is 1. The summed E-state index contributed by atoms with van der Waals surface area (Å²) in [6.07, 6.45) is 3.67. The number of unbranched alkanes of at least 4 members (excludes halogenated alkanes) is 1. The van der Waals surface area contributed by atoms with E-state index in [2.05, 4.69) is 11.8 Å². The molecule has 0 unspecified atom stereocenters. The lowest BCUT2D eigenvalue weighted by Gasteiger charge is -1.90. The van der Waals surface area contributed by atoms with Gasteiger partial charge in [0.25, 0.3) is 0 Å². The summed E-state index contributed by atoms with van der Waals surface area (Å²) in [5.74, 6) is 5.61. The monoisotopic (exact) mass is 218 g/mol. The SMILES string of the molecule is O=CCCC#CC(Cl)=Cc1ccccc1. The second-order valence-electron chi connectivity index (χ2n) is 2.91. The van der Waals surface area contributed by atoms with Crippen molar-refractivity contribution < 1.29 is 4.79 Å². The third-order valence-corrected chi connectivity index (χ3v) is 1.89. The first kappa shape index (κ1) is 11.6. The predicted molar refractivity (Wildman–Crippen MR) is 63.3 cm³/mol. The van der Waals surface area contributed by atoms with E-state index in [0.29, 0.717) is 17.9 Å². The molecule has 1 nitrogen and oxygen atoms in total. The molecule has 0 saturated carbocycles. The van der Waals surface area contributed by atoms with Gasteiger partial charge in [-0.2, -0.15) is 0 Å². The Morgan fingerprint density at radius 3 is 2.73 bits per heavy atom. The van der Waals surface area contributed by atoms with Crippen LogP contribution in [0.4, 0.5) is 0 Å². The minimum absolute atomic E-state index is 0.461. The van der Waals surface area contributed by atoms with E-state index in [9.17, 15) is 4.79 Å². The molecule has 0 N–H and O–H groups in total. The van der Waals surface area contributed by atoms with Crippen molar-refractivity contribution in [2.24, 2.45) is 0 Å². The summed E-state index contributed by atoms with van der Waals surface area (Å²) < 4.78 is 0. The molecule has 1 aromatic rings. The number of halogens is 1. The number of carbonyl (C=O) groups is 1. The maximum absolute atomic E-state index is 10.0. The maximum Gasteiger partial charge on any atom is 0.120 e. The van der Waals surface area contributed by atoms with Crippen molar-refractivity contribution in [3.8, 4) is 11.8 Å². The van der Waals surface area contributed by atoms with E-state index in [1.807, 2.05) is 30.3 Å². The fraction of sp³-hybridized carbons (Fsp3) is 0.154. The fourth-order valence-electron chi connectivity index (χ4n) is 1.01. The van der Waals surface area contributed by atoms with E-state index in [1.54, 1.807) is 6.08 Å². The molecule has 0 aromatic heterocycles. The van der Waals surface area contributed by atoms with Gasteiger partial charge >= 0.3 is 0 Å². The molecule has 1 aromatic carbocycles. The van der Waals surface area contributed by atoms with Crippen LogP contribution in [0.1, 0.15) is 18.4 Å². The zero-order valence-electron chi connectivity index (χ0n) is 8.24. The van der Waals surface area contributed by atoms with E-state index in [1.165, 1.54) is 0 Å². The van der Waals surface area contributed by atoms with Gasteiger partial charge in [-0.1, -0.05) is 53.8 Å². The average molecular weight is 219 g/mol. The van der Waals surface area contributed by atoms with Crippen molar-refractivity contribution in [3.05, 3.63) is 40.9 Å². The van der Waals surface area contributed by atoms with Crippen LogP contribution in [0.2, 0.25) is 0 Å². The number of rotatable bonds is 3. The summed E-state index contributed by atoms with van der Waals surface area (Å²) in [5.41, 5.74) is 1.02. The van der Waals surface area contributed by atoms with E-state index in [-0.39, 0.29) is 0 Å². The minimum Gasteiger partial charge on any atom is -0.303 e. The Bertz CT molecular complexity index is 396. The first-order chi connectivity index (χ1) is 7.33. The van der Waals surface area contributed by atoms with Crippen molar-refractivity contribution >= 4 is 24.0 Å². The molecule has 0 bridgehead atoms. The van der Waals surface area contributed by atoms with Gasteiger partial charge in [-0.05, 0) is 11.6 Å². The van der Waals surface area contributed by atoms with Crippen LogP contribution in [0, 0.1) is 11.8 Å². The van der Waals surface area contributed by atoms with Crippen LogP contribution in [0.5, 0.6) is 0 Å². The van der Waals surface area contributed by atoms with Gasteiger partial charge in [-0.25, -0.2) is 0 Å². The Balaban J connectivity index is 2.59. The topological polar surface area (TPSA) is 17.1 Å². The van der Waals surface area contributed by atoms with Gasteiger partial charge in [-0.3, -0.25) is 0 Å². The number of carbonyl (C=O) groups excluding carboxylic acids is 1. The normalized spacial score (nSPS) is 10.3. The summed E-state index contributed by atoms with van der Waals surface area (Å²) in [6.45, 7) is 0. The lowest BCUT2D eigenvalue weighted by molar-refractivity contribution is -0.107. The first-order valence-electron chi connectivity index (χ1n) is 4.67. The average Bonchev–Trinajstić information content (AvgIpc) is 2.26. The van der Waals surface area contributed by atoms with Crippen LogP contribution >= 0.6 is 11.6 Å². The van der Waals surface area contributed by atoms with Gasteiger partial charge < -0.3 is 4.79 Å². The van der Waals surface area contributed by atoms with Gasteiger partial charge in [0.1, 0.15) is 6.29 Å². The molecule has 1 rings (SSSR count). The Morgan fingerprint density at radius 2 is 2.07 bits per heavy atom. The molecule has 0 aliphatic heterocycles. The van der Waals surface area contributed by atoms with Crippen LogP contribution in [-0.4, -0.2) is 6.29 Å². The number of benzene rings is 1. The number of aldehydes is 1. The molecule has 0 amide bonds. The smallest absolute Gasteiger partial charge is 0.120 e. The van der Waals surface area contributed by atoms with Crippen molar-refractivity contribution in [2.75, 3.05) is 0 Å². The standard InChI is InChI=1S/C13H11ClO/c14-13(9-5-2-6-10-15)11-12-7-3-1-4-8-12/h1,3-4,7-8,10-11H,2,6H2. The zero-order chi connectivity index (χ0) is 10.9. The molecule has 0 aliphatic carbocycles. The Morgan fingerprint density at radius 1 is 1.33 bits per heavy atom. The number of hydrogen-bond donors (Lipinski definition) is 0. The van der Waals surface area contributed by atoms with Crippen molar-refractivity contribution in [1.29, 1.82) is 0 Å². The molecule has 0 saturated heterocycles. The summed E-state index contributed by atoms with van der Waals surface area (Å²) in [6, 6.07) is 9.73. The van der Waals surface area contributed by atoms with Crippen LogP contribution in [0.3, 0.4) is 0 Å². The van der Waals surface area contributed by atoms with E-state index >= 15 is 0 Å². The number of allylic oxidation sites excluding steroid dienone is 1. The van der Waals surface area contributed by atoms with Crippen LogP contribution < -0.4 is 0 Å². The summed E-state index contributed by atoms with van der Waals surface area (Å²) in [5, 5.41) is 0.493. The van der Waals surface area contributed by atoms with E-state index < -0.39 is 0 Å². The molecular formula is C13H11ClO. The molecule has 2 heteroatoms. The Kier molecular flexibility index (Phi) is 5.29. The first-order valence-corrected chi connectivity index (χ1v) is 5.05. The highest BCUT2D eigenvalue weighted by molar-refractivity contribution is 6.34. The van der Waals surface area contributed by atoms with Gasteiger partial charge in [-0.15, -0.1) is 0 Å². The van der Waals surface area contributed by atoms with Crippen LogP contribution in [0.25, 0.3) is 6.08 Å². The maximum atomic E-state index is 10.0. The lowest BCUT2D eigenvalue weighted by atomic mass is 10.2. The molecule has 15 heavy (non-hydrogen) atoms. The molecule has 76 valence electrons. The highest BCUT2D eigenvalue weighted by Gasteiger charge is 1.87. The molecule has 0 fully saturated rings. The van der Waals surface area contributed by atoms with Crippen molar-refractivity contribution in [3.63, 3.8) is 0 Å². The third kappa shape index (κ3) is 5.05. The predicted octanol–water partition coefficient (Wildman–Crippen LogP) is 3.25. The fourth-order valence-corrected chi connectivity index (χ4v) is 1.20. The van der Waals surface area contributed by atoms with E-state index in [0.717, 1.165) is 11.8 Å². The quantitative estimate of drug-likeness (QED) is 0.433. The summed E-state index contributed by atoms with van der Waals surface area (Å²) in [7, 11) is 0. The van der Waals surface area contributed by atoms with E-state index in [4.69, 9.17) is 11.6 Å². The lowest BCUT2D eigenvalue weighted by Crippen LogP contribution is -1.73. The van der Waals surface area contributed by atoms with Gasteiger partial charge in [0.15, 0.2) is 0 Å². The van der Waals surface area contributed by atoms with Gasteiger partial charge in [0, 0.05) is 12.8 Å². The zero-order valence-corrected chi connectivity index (χ0v) is 9.00. The highest BCUT2D eigenvalue weighted by atomic mass is 35.5. The van der Waals surface area contributed by atoms with Crippen LogP contribution in [-0.2, 0) is 4.79 Å². The molecule has 0 heterocycles. The molecule has 0 spiro atoms. The third-order valence-electron chi connectivity index (χ3n) is 1.69. The van der Waals surface area contributed by atoms with Gasteiger partial charge in [0.2, 0.25) is 0 Å². The Hall–Kier alpha value is -1.52. The molecule has 0 radical (unpaired) electrons. The largest absolute Gasteiger partial charge is 0.303 e. The second kappa shape index (κ2) is 6.86. The molecule has 0 aliphatic rings. The van der Waals surface area contributed by atoms with Crippen molar-refractivity contribution in [2.45, 2.75) is 12.8 Å². The highest BCUT2D eigenvalue weighted by Crippen LogP contribution is 2.08.